The molecule has 20 heavy (non-hydrogen) atoms. The third-order valence-electron chi connectivity index (χ3n) is 3.13. The third-order valence-corrected chi connectivity index (χ3v) is 4.90. The normalized spacial score (nSPS) is 20.9. The number of rotatable bonds is 4. The summed E-state index contributed by atoms with van der Waals surface area (Å²) in [6.07, 6.45) is 3.52. The standard InChI is InChI=1S/C14H17NO4S/c1-19-13-5-3-2-4-11(13)6-7-14(16)15-12-8-9-20(17,18)10-12/h2-7,12H,8-10H2,1H3,(H,15,16)/b7-6+. The number of carbonyl (C=O) groups is 1. The molecule has 0 bridgehead atoms. The van der Waals surface area contributed by atoms with Crippen LogP contribution in [0.3, 0.4) is 0 Å². The van der Waals surface area contributed by atoms with E-state index in [2.05, 4.69) is 5.32 Å². The van der Waals surface area contributed by atoms with Crippen molar-refractivity contribution in [1.29, 1.82) is 0 Å². The van der Waals surface area contributed by atoms with Gasteiger partial charge in [-0.15, -0.1) is 0 Å². The van der Waals surface area contributed by atoms with Gasteiger partial charge in [-0.3, -0.25) is 4.79 Å². The van der Waals surface area contributed by atoms with Gasteiger partial charge < -0.3 is 10.1 Å². The first-order valence-corrected chi connectivity index (χ1v) is 8.14. The molecule has 1 aliphatic rings. The van der Waals surface area contributed by atoms with Gasteiger partial charge in [-0.05, 0) is 18.6 Å². The highest BCUT2D eigenvalue weighted by Crippen LogP contribution is 2.18. The monoisotopic (exact) mass is 295 g/mol. The zero-order valence-corrected chi connectivity index (χ0v) is 12.0. The molecule has 0 aliphatic carbocycles. The van der Waals surface area contributed by atoms with Gasteiger partial charge in [-0.1, -0.05) is 18.2 Å². The number of benzene rings is 1. The summed E-state index contributed by atoms with van der Waals surface area (Å²) < 4.78 is 27.8. The first-order chi connectivity index (χ1) is 9.50. The van der Waals surface area contributed by atoms with Crippen LogP contribution in [0.15, 0.2) is 30.3 Å². The first kappa shape index (κ1) is 14.6. The van der Waals surface area contributed by atoms with Crippen LogP contribution in [0.25, 0.3) is 6.08 Å². The molecular weight excluding hydrogens is 278 g/mol. The molecule has 1 aromatic carbocycles. The lowest BCUT2D eigenvalue weighted by molar-refractivity contribution is -0.116. The zero-order chi connectivity index (χ0) is 14.6. The van der Waals surface area contributed by atoms with Gasteiger partial charge >= 0.3 is 0 Å². The second-order valence-corrected chi connectivity index (χ2v) is 6.91. The molecule has 1 unspecified atom stereocenters. The Morgan fingerprint density at radius 3 is 2.80 bits per heavy atom. The van der Waals surface area contributed by atoms with Gasteiger partial charge in [0.05, 0.1) is 18.6 Å². The van der Waals surface area contributed by atoms with Crippen LogP contribution in [0.1, 0.15) is 12.0 Å². The highest BCUT2D eigenvalue weighted by atomic mass is 32.2. The van der Waals surface area contributed by atoms with E-state index in [1.165, 1.54) is 6.08 Å². The molecule has 6 heteroatoms. The highest BCUT2D eigenvalue weighted by Gasteiger charge is 2.28. The van der Waals surface area contributed by atoms with Crippen LogP contribution in [0.5, 0.6) is 5.75 Å². The summed E-state index contributed by atoms with van der Waals surface area (Å²) in [5, 5.41) is 2.70. The van der Waals surface area contributed by atoms with E-state index in [4.69, 9.17) is 4.74 Å². The van der Waals surface area contributed by atoms with Crippen molar-refractivity contribution in [2.24, 2.45) is 0 Å². The second kappa shape index (κ2) is 6.09. The van der Waals surface area contributed by atoms with Gasteiger partial charge in [0.25, 0.3) is 0 Å². The van der Waals surface area contributed by atoms with Gasteiger partial charge in [0, 0.05) is 17.7 Å². The number of para-hydroxylation sites is 1. The molecule has 5 nitrogen and oxygen atoms in total. The van der Waals surface area contributed by atoms with Gasteiger partial charge in [0.15, 0.2) is 9.84 Å². The highest BCUT2D eigenvalue weighted by molar-refractivity contribution is 7.91. The fourth-order valence-corrected chi connectivity index (χ4v) is 3.80. The van der Waals surface area contributed by atoms with Crippen molar-refractivity contribution in [1.82, 2.24) is 5.32 Å². The van der Waals surface area contributed by atoms with Gasteiger partial charge in [0.2, 0.25) is 5.91 Å². The van der Waals surface area contributed by atoms with E-state index in [0.717, 1.165) is 5.56 Å². The average Bonchev–Trinajstić information content (AvgIpc) is 2.76. The van der Waals surface area contributed by atoms with Crippen molar-refractivity contribution in [2.75, 3.05) is 18.6 Å². The molecule has 0 spiro atoms. The number of carbonyl (C=O) groups excluding carboxylic acids is 1. The molecule has 1 heterocycles. The van der Waals surface area contributed by atoms with Crippen LogP contribution in [-0.4, -0.2) is 39.0 Å². The molecule has 1 aromatic rings. The molecule has 108 valence electrons. The van der Waals surface area contributed by atoms with Gasteiger partial charge in [-0.2, -0.15) is 0 Å². The van der Waals surface area contributed by atoms with Crippen LogP contribution in [0.2, 0.25) is 0 Å². The number of ether oxygens (including phenoxy) is 1. The molecule has 1 saturated heterocycles. The zero-order valence-electron chi connectivity index (χ0n) is 11.2. The Balaban J connectivity index is 1.96. The summed E-state index contributed by atoms with van der Waals surface area (Å²) in [7, 11) is -1.41. The van der Waals surface area contributed by atoms with E-state index in [-0.39, 0.29) is 23.5 Å². The molecule has 1 N–H and O–H groups in total. The minimum Gasteiger partial charge on any atom is -0.496 e. The smallest absolute Gasteiger partial charge is 0.244 e. The molecule has 1 aliphatic heterocycles. The Labute approximate surface area is 118 Å². The summed E-state index contributed by atoms with van der Waals surface area (Å²) in [6.45, 7) is 0. The summed E-state index contributed by atoms with van der Waals surface area (Å²) in [5.74, 6) is 0.563. The van der Waals surface area contributed by atoms with Crippen molar-refractivity contribution in [3.63, 3.8) is 0 Å². The molecule has 2 rings (SSSR count). The summed E-state index contributed by atoms with van der Waals surface area (Å²) in [5.41, 5.74) is 0.796. The topological polar surface area (TPSA) is 72.5 Å². The number of sulfone groups is 1. The third kappa shape index (κ3) is 3.84. The minimum atomic E-state index is -2.98. The van der Waals surface area contributed by atoms with Crippen LogP contribution in [0.4, 0.5) is 0 Å². The van der Waals surface area contributed by atoms with Gasteiger partial charge in [-0.25, -0.2) is 8.42 Å². The Bertz CT molecular complexity index is 622. The van der Waals surface area contributed by atoms with Crippen molar-refractivity contribution >= 4 is 21.8 Å². The van der Waals surface area contributed by atoms with E-state index in [9.17, 15) is 13.2 Å². The quantitative estimate of drug-likeness (QED) is 0.842. The van der Waals surface area contributed by atoms with E-state index < -0.39 is 9.84 Å². The van der Waals surface area contributed by atoms with Crippen LogP contribution < -0.4 is 10.1 Å². The SMILES string of the molecule is COc1ccccc1/C=C/C(=O)NC1CCS(=O)(=O)C1. The molecule has 1 atom stereocenters. The van der Waals surface area contributed by atoms with Crippen molar-refractivity contribution in [3.05, 3.63) is 35.9 Å². The Kier molecular flexibility index (Phi) is 4.44. The summed E-state index contributed by atoms with van der Waals surface area (Å²) >= 11 is 0. The molecule has 0 saturated carbocycles. The lowest BCUT2D eigenvalue weighted by Crippen LogP contribution is -2.34. The first-order valence-electron chi connectivity index (χ1n) is 6.32. The number of methoxy groups -OCH3 is 1. The summed E-state index contributed by atoms with van der Waals surface area (Å²) in [4.78, 5) is 11.7. The molecule has 0 aromatic heterocycles. The Hall–Kier alpha value is -1.82. The molecular formula is C14H17NO4S. The number of hydrogen-bond acceptors (Lipinski definition) is 4. The molecule has 1 fully saturated rings. The number of hydrogen-bond donors (Lipinski definition) is 1. The van der Waals surface area contributed by atoms with E-state index in [1.54, 1.807) is 19.3 Å². The Morgan fingerprint density at radius 1 is 1.40 bits per heavy atom. The fraction of sp³-hybridized carbons (Fsp3) is 0.357. The van der Waals surface area contributed by atoms with Crippen molar-refractivity contribution in [2.45, 2.75) is 12.5 Å². The second-order valence-electron chi connectivity index (χ2n) is 4.68. The fourth-order valence-electron chi connectivity index (χ4n) is 2.13. The largest absolute Gasteiger partial charge is 0.496 e. The Morgan fingerprint density at radius 2 is 2.15 bits per heavy atom. The lowest BCUT2D eigenvalue weighted by Gasteiger charge is -2.08. The average molecular weight is 295 g/mol. The lowest BCUT2D eigenvalue weighted by atomic mass is 10.2. The van der Waals surface area contributed by atoms with Crippen LogP contribution in [0, 0.1) is 0 Å². The predicted octanol–water partition coefficient (Wildman–Crippen LogP) is 1.01. The van der Waals surface area contributed by atoms with Crippen molar-refractivity contribution < 1.29 is 17.9 Å². The van der Waals surface area contributed by atoms with Crippen LogP contribution >= 0.6 is 0 Å². The minimum absolute atomic E-state index is 0.0290. The van der Waals surface area contributed by atoms with Crippen molar-refractivity contribution in [3.8, 4) is 5.75 Å². The summed E-state index contributed by atoms with van der Waals surface area (Å²) in [6, 6.07) is 7.06. The maximum atomic E-state index is 11.7. The maximum Gasteiger partial charge on any atom is 0.244 e. The van der Waals surface area contributed by atoms with E-state index >= 15 is 0 Å². The number of amides is 1. The van der Waals surface area contributed by atoms with Crippen LogP contribution in [-0.2, 0) is 14.6 Å². The van der Waals surface area contributed by atoms with E-state index in [0.29, 0.717) is 12.2 Å². The molecule has 0 radical (unpaired) electrons. The van der Waals surface area contributed by atoms with Gasteiger partial charge in [0.1, 0.15) is 5.75 Å². The predicted molar refractivity (Wildman–Crippen MR) is 77.2 cm³/mol. The maximum absolute atomic E-state index is 11.7. The van der Waals surface area contributed by atoms with E-state index in [1.807, 2.05) is 18.2 Å². The molecule has 1 amide bonds. The number of nitrogens with one attached hydrogen (secondary N) is 1.